The topological polar surface area (TPSA) is 73.0 Å². The Labute approximate surface area is 178 Å². The third kappa shape index (κ3) is 3.71. The van der Waals surface area contributed by atoms with Gasteiger partial charge < -0.3 is 10.2 Å². The Bertz CT molecular complexity index is 853. The zero-order chi connectivity index (χ0) is 21.5. The van der Waals surface area contributed by atoms with Crippen LogP contribution < -0.4 is 10.2 Å². The van der Waals surface area contributed by atoms with Crippen LogP contribution >= 0.6 is 0 Å². The van der Waals surface area contributed by atoms with Crippen LogP contribution in [0.5, 0.6) is 0 Å². The van der Waals surface area contributed by atoms with E-state index in [-0.39, 0.29) is 17.7 Å². The van der Waals surface area contributed by atoms with Crippen LogP contribution in [0.4, 0.5) is 5.69 Å². The number of benzene rings is 1. The molecule has 1 aromatic carbocycles. The van der Waals surface area contributed by atoms with Crippen molar-refractivity contribution in [2.45, 2.75) is 70.1 Å². The van der Waals surface area contributed by atoms with Gasteiger partial charge in [0.15, 0.2) is 0 Å². The number of amides is 3. The number of anilines is 1. The Hall–Kier alpha value is -2.41. The highest BCUT2D eigenvalue weighted by atomic mass is 16.2. The lowest BCUT2D eigenvalue weighted by atomic mass is 9.98. The molecule has 2 atom stereocenters. The number of nitrogens with one attached hydrogen (secondary N) is 1. The lowest BCUT2D eigenvalue weighted by Gasteiger charge is -2.48. The summed E-state index contributed by atoms with van der Waals surface area (Å²) >= 11 is 0. The maximum Gasteiger partial charge on any atom is 0.257 e. The van der Waals surface area contributed by atoms with Crippen molar-refractivity contribution >= 4 is 23.4 Å². The van der Waals surface area contributed by atoms with E-state index in [0.717, 1.165) is 0 Å². The van der Waals surface area contributed by atoms with Gasteiger partial charge in [-0.2, -0.15) is 0 Å². The molecule has 1 aliphatic carbocycles. The second kappa shape index (κ2) is 8.02. The molecule has 0 bridgehead atoms. The van der Waals surface area contributed by atoms with Crippen molar-refractivity contribution in [1.29, 1.82) is 0 Å². The van der Waals surface area contributed by atoms with Crippen LogP contribution in [0.15, 0.2) is 24.3 Å². The summed E-state index contributed by atoms with van der Waals surface area (Å²) < 4.78 is 0. The van der Waals surface area contributed by atoms with E-state index in [2.05, 4.69) is 24.2 Å². The number of rotatable bonds is 8. The highest BCUT2D eigenvalue weighted by molar-refractivity contribution is 6.10. The normalized spacial score (nSPS) is 24.1. The van der Waals surface area contributed by atoms with Crippen LogP contribution in [0, 0.1) is 0 Å². The van der Waals surface area contributed by atoms with Crippen molar-refractivity contribution in [3.8, 4) is 0 Å². The van der Waals surface area contributed by atoms with Crippen LogP contribution in [-0.4, -0.2) is 65.4 Å². The van der Waals surface area contributed by atoms with Gasteiger partial charge in [-0.25, -0.2) is 0 Å². The molecule has 7 nitrogen and oxygen atoms in total. The molecule has 3 amide bonds. The van der Waals surface area contributed by atoms with Crippen LogP contribution in [0.3, 0.4) is 0 Å². The predicted octanol–water partition coefficient (Wildman–Crippen LogP) is 2.36. The van der Waals surface area contributed by atoms with Gasteiger partial charge in [0, 0.05) is 38.0 Å². The molecule has 30 heavy (non-hydrogen) atoms. The first-order chi connectivity index (χ1) is 14.3. The van der Waals surface area contributed by atoms with Gasteiger partial charge in [-0.15, -0.1) is 0 Å². The van der Waals surface area contributed by atoms with Crippen LogP contribution in [0.1, 0.15) is 62.7 Å². The summed E-state index contributed by atoms with van der Waals surface area (Å²) in [5.74, 6) is 0.00788. The molecule has 1 saturated heterocycles. The number of fused-ring (bicyclic) bond motifs is 3. The second-order valence-electron chi connectivity index (χ2n) is 9.07. The number of hydrogen-bond acceptors (Lipinski definition) is 4. The summed E-state index contributed by atoms with van der Waals surface area (Å²) in [5, 5.41) is 3.02. The van der Waals surface area contributed by atoms with Crippen molar-refractivity contribution in [2.75, 3.05) is 25.0 Å². The fraction of sp³-hybridized carbons (Fsp3) is 0.609. The van der Waals surface area contributed by atoms with Gasteiger partial charge in [0.05, 0.1) is 11.3 Å². The quantitative estimate of drug-likeness (QED) is 0.712. The SMILES string of the molecule is CC(CNC(=O)CCCN1C(=O)c2ccccc2N2C(=O)CCC12C)N(C)C1CC1. The summed E-state index contributed by atoms with van der Waals surface area (Å²) in [6.07, 6.45) is 4.49. The highest BCUT2D eigenvalue weighted by Gasteiger charge is 2.52. The molecule has 2 unspecified atom stereocenters. The lowest BCUT2D eigenvalue weighted by Crippen LogP contribution is -2.62. The first-order valence-corrected chi connectivity index (χ1v) is 11.1. The molecule has 0 aromatic heterocycles. The molecule has 162 valence electrons. The van der Waals surface area contributed by atoms with E-state index in [1.165, 1.54) is 12.8 Å². The molecule has 3 aliphatic rings. The van der Waals surface area contributed by atoms with Crippen LogP contribution in [0.25, 0.3) is 0 Å². The standard InChI is InChI=1S/C23H32N4O3/c1-16(25(3)17-10-11-17)15-24-20(28)9-6-14-26-22(30)18-7-4-5-8-19(18)27-21(29)12-13-23(26,27)2/h4-5,7-8,16-17H,6,9-15H2,1-3H3,(H,24,28). The van der Waals surface area contributed by atoms with Crippen molar-refractivity contribution in [2.24, 2.45) is 0 Å². The lowest BCUT2D eigenvalue weighted by molar-refractivity contribution is -0.121. The van der Waals surface area contributed by atoms with E-state index < -0.39 is 5.66 Å². The summed E-state index contributed by atoms with van der Waals surface area (Å²) in [6.45, 7) is 5.19. The van der Waals surface area contributed by atoms with E-state index in [0.29, 0.717) is 62.1 Å². The van der Waals surface area contributed by atoms with Gasteiger partial charge in [0.25, 0.3) is 5.91 Å². The van der Waals surface area contributed by atoms with E-state index in [1.807, 2.05) is 25.1 Å². The monoisotopic (exact) mass is 412 g/mol. The largest absolute Gasteiger partial charge is 0.355 e. The average Bonchev–Trinajstić information content (AvgIpc) is 3.53. The van der Waals surface area contributed by atoms with Crippen LogP contribution in [-0.2, 0) is 9.59 Å². The van der Waals surface area contributed by atoms with Crippen molar-refractivity contribution in [1.82, 2.24) is 15.1 Å². The van der Waals surface area contributed by atoms with Gasteiger partial charge in [-0.3, -0.25) is 24.2 Å². The molecule has 0 radical (unpaired) electrons. The highest BCUT2D eigenvalue weighted by Crippen LogP contribution is 2.44. The Morgan fingerprint density at radius 1 is 1.30 bits per heavy atom. The first kappa shape index (κ1) is 20.8. The van der Waals surface area contributed by atoms with Crippen molar-refractivity contribution in [3.63, 3.8) is 0 Å². The fourth-order valence-electron chi connectivity index (χ4n) is 4.77. The van der Waals surface area contributed by atoms with Crippen LogP contribution in [0.2, 0.25) is 0 Å². The molecule has 7 heteroatoms. The van der Waals surface area contributed by atoms with Gasteiger partial charge >= 0.3 is 0 Å². The van der Waals surface area contributed by atoms with Gasteiger partial charge in [-0.1, -0.05) is 12.1 Å². The number of carbonyl (C=O) groups is 3. The summed E-state index contributed by atoms with van der Waals surface area (Å²) in [5.41, 5.74) is 0.613. The molecule has 2 fully saturated rings. The Balaban J connectivity index is 1.35. The van der Waals surface area contributed by atoms with Crippen molar-refractivity contribution < 1.29 is 14.4 Å². The summed E-state index contributed by atoms with van der Waals surface area (Å²) in [4.78, 5) is 44.0. The molecule has 4 rings (SSSR count). The van der Waals surface area contributed by atoms with Gasteiger partial charge in [-0.05, 0) is 58.7 Å². The van der Waals surface area contributed by atoms with E-state index in [1.54, 1.807) is 15.9 Å². The Kier molecular flexibility index (Phi) is 5.57. The maximum atomic E-state index is 13.2. The fourth-order valence-corrected chi connectivity index (χ4v) is 4.77. The smallest absolute Gasteiger partial charge is 0.257 e. The second-order valence-corrected chi connectivity index (χ2v) is 9.07. The summed E-state index contributed by atoms with van der Waals surface area (Å²) in [7, 11) is 2.11. The molecular weight excluding hydrogens is 380 g/mol. The number of para-hydroxylation sites is 1. The number of hydrogen-bond donors (Lipinski definition) is 1. The molecule has 1 aromatic rings. The van der Waals surface area contributed by atoms with Gasteiger partial charge in [0.1, 0.15) is 5.66 Å². The average molecular weight is 413 g/mol. The minimum Gasteiger partial charge on any atom is -0.355 e. The predicted molar refractivity (Wildman–Crippen MR) is 115 cm³/mol. The maximum absolute atomic E-state index is 13.2. The number of likely N-dealkylation sites (N-methyl/N-ethyl adjacent to an activating group) is 1. The third-order valence-corrected chi connectivity index (χ3v) is 6.94. The Morgan fingerprint density at radius 3 is 2.77 bits per heavy atom. The Morgan fingerprint density at radius 2 is 2.03 bits per heavy atom. The molecule has 2 aliphatic heterocycles. The summed E-state index contributed by atoms with van der Waals surface area (Å²) in [6, 6.07) is 8.30. The third-order valence-electron chi connectivity index (χ3n) is 6.94. The minimum absolute atomic E-state index is 0.0143. The number of nitrogens with zero attached hydrogens (tertiary/aromatic N) is 3. The van der Waals surface area contributed by atoms with E-state index in [9.17, 15) is 14.4 Å². The molecule has 1 saturated carbocycles. The zero-order valence-electron chi connectivity index (χ0n) is 18.2. The van der Waals surface area contributed by atoms with E-state index in [4.69, 9.17) is 0 Å². The zero-order valence-corrected chi connectivity index (χ0v) is 18.2. The molecule has 2 heterocycles. The van der Waals surface area contributed by atoms with Crippen molar-refractivity contribution in [3.05, 3.63) is 29.8 Å². The molecule has 1 N–H and O–H groups in total. The molecular formula is C23H32N4O3. The minimum atomic E-state index is -0.652. The van der Waals surface area contributed by atoms with Gasteiger partial charge in [0.2, 0.25) is 11.8 Å². The first-order valence-electron chi connectivity index (χ1n) is 11.1. The van der Waals surface area contributed by atoms with E-state index >= 15 is 0 Å². The molecule has 0 spiro atoms. The number of carbonyl (C=O) groups excluding carboxylic acids is 3.